The molecular formula is C25H35AsN2O4S2. The van der Waals surface area contributed by atoms with E-state index in [0.29, 0.717) is 35.2 Å². The minimum absolute atomic E-state index is 0.00448. The second-order valence-corrected chi connectivity index (χ2v) is 16.6. The molecule has 4 rings (SSSR count). The number of ether oxygens (including phenoxy) is 1. The van der Waals surface area contributed by atoms with Gasteiger partial charge in [-0.25, -0.2) is 0 Å². The Balaban J connectivity index is 1.32. The van der Waals surface area contributed by atoms with Gasteiger partial charge >= 0.3 is 173 Å². The van der Waals surface area contributed by atoms with E-state index in [4.69, 9.17) is 4.74 Å². The molecule has 1 aliphatic heterocycles. The van der Waals surface area contributed by atoms with Gasteiger partial charge in [0.25, 0.3) is 0 Å². The molecule has 0 spiro atoms. The van der Waals surface area contributed by atoms with Crippen LogP contribution in [0.15, 0.2) is 40.6 Å². The third-order valence-electron chi connectivity index (χ3n) is 6.75. The Morgan fingerprint density at radius 2 is 1.82 bits per heavy atom. The normalized spacial score (nSPS) is 20.9. The van der Waals surface area contributed by atoms with Crippen molar-refractivity contribution >= 4 is 43.0 Å². The van der Waals surface area contributed by atoms with Gasteiger partial charge in [0, 0.05) is 0 Å². The van der Waals surface area contributed by atoms with Gasteiger partial charge in [-0.15, -0.1) is 0 Å². The summed E-state index contributed by atoms with van der Waals surface area (Å²) < 4.78 is 35.6. The number of nitrogens with one attached hydrogen (secondary N) is 1. The minimum Gasteiger partial charge on any atom is -0.00720 e. The summed E-state index contributed by atoms with van der Waals surface area (Å²) >= 11 is 1.26. The van der Waals surface area contributed by atoms with Crippen LogP contribution in [-0.4, -0.2) is 54.6 Å². The van der Waals surface area contributed by atoms with Crippen molar-refractivity contribution in [2.24, 2.45) is 0 Å². The summed E-state index contributed by atoms with van der Waals surface area (Å²) in [6.45, 7) is 1.56. The summed E-state index contributed by atoms with van der Waals surface area (Å²) in [5, 5.41) is 2.88. The van der Waals surface area contributed by atoms with Crippen LogP contribution < -0.4 is 10.1 Å². The summed E-state index contributed by atoms with van der Waals surface area (Å²) in [5.41, 5.74) is 0.513. The number of amides is 1. The molecule has 1 aromatic carbocycles. The molecule has 186 valence electrons. The van der Waals surface area contributed by atoms with Gasteiger partial charge in [0.1, 0.15) is 5.75 Å². The van der Waals surface area contributed by atoms with Crippen molar-refractivity contribution in [3.8, 4) is 5.75 Å². The third-order valence-corrected chi connectivity index (χ3v) is 14.6. The molecule has 1 N–H and O–H groups in total. The number of hydrogen-bond donors (Lipinski definition) is 1. The smallest absolute Gasteiger partial charge is 0.00720 e. The predicted molar refractivity (Wildman–Crippen MR) is 139 cm³/mol. The number of thiophene rings is 1. The molecule has 0 bridgehead atoms. The molecule has 34 heavy (non-hydrogen) atoms. The fraction of sp³-hybridized carbons (Fsp3) is 0.560. The van der Waals surface area contributed by atoms with E-state index >= 15 is 0 Å². The van der Waals surface area contributed by atoms with Crippen LogP contribution in [0.4, 0.5) is 0 Å². The summed E-state index contributed by atoms with van der Waals surface area (Å²) in [6, 6.07) is 10.5. The Labute approximate surface area is 214 Å². The number of benzene rings is 1. The largest absolute Gasteiger partial charge is 0.00720 e. The maximum absolute atomic E-state index is 13.3. The van der Waals surface area contributed by atoms with E-state index in [0.717, 1.165) is 27.1 Å². The topological polar surface area (TPSA) is 75.7 Å². The van der Waals surface area contributed by atoms with Gasteiger partial charge in [0.05, 0.1) is 7.11 Å². The van der Waals surface area contributed by atoms with E-state index in [1.807, 2.05) is 0 Å². The molecule has 6 nitrogen and oxygen atoms in total. The molecule has 1 saturated carbocycles. The number of methoxy groups -OCH3 is 1. The third kappa shape index (κ3) is 6.65. The summed E-state index contributed by atoms with van der Waals surface area (Å²) in [6.07, 6.45) is 10.2. The van der Waals surface area contributed by atoms with Crippen LogP contribution in [0.3, 0.4) is 0 Å². The summed E-state index contributed by atoms with van der Waals surface area (Å²) in [7, 11) is -1.92. The molecule has 1 saturated heterocycles. The first kappa shape index (κ1) is 25.7. The Kier molecular flexibility index (Phi) is 9.14. The van der Waals surface area contributed by atoms with Crippen LogP contribution in [0.2, 0.25) is 9.41 Å². The SMILES string of the molecule is COc1cccc(C(=O)NCc2ccc(S(=O)(=O)N3CCCC([AsH]C4CCCCC4)CC3)s2)c1. The van der Waals surface area contributed by atoms with E-state index < -0.39 is 10.0 Å². The first-order chi connectivity index (χ1) is 16.5. The second-order valence-electron chi connectivity index (χ2n) is 9.17. The molecule has 2 aliphatic rings. The zero-order valence-electron chi connectivity index (χ0n) is 19.8. The van der Waals surface area contributed by atoms with E-state index in [2.05, 4.69) is 5.32 Å². The Morgan fingerprint density at radius 1 is 1.06 bits per heavy atom. The fourth-order valence-electron chi connectivity index (χ4n) is 4.83. The van der Waals surface area contributed by atoms with Crippen LogP contribution in [0.25, 0.3) is 0 Å². The fourth-order valence-corrected chi connectivity index (χ4v) is 12.1. The van der Waals surface area contributed by atoms with Crippen molar-refractivity contribution in [2.75, 3.05) is 20.2 Å². The molecule has 1 amide bonds. The second kappa shape index (κ2) is 12.1. The molecule has 0 radical (unpaired) electrons. The monoisotopic (exact) mass is 566 g/mol. The van der Waals surface area contributed by atoms with Gasteiger partial charge < -0.3 is 4.74 Å². The van der Waals surface area contributed by atoms with E-state index in [1.165, 1.54) is 49.9 Å². The van der Waals surface area contributed by atoms with Crippen molar-refractivity contribution in [1.82, 2.24) is 9.62 Å². The molecule has 2 heterocycles. The standard InChI is InChI=1S/C25H35AsN2O4S2/c1-32-22-11-5-7-19(17-22)25(29)27-18-23-12-13-24(33-23)34(30,31)28-15-6-10-21(14-16-28)26-20-8-3-2-4-9-20/h5,7,11-13,17,20-21,26H,2-4,6,8-10,14-16,18H2,1H3,(H,27,29). The molecular weight excluding hydrogens is 531 g/mol. The van der Waals surface area contributed by atoms with Gasteiger partial charge in [0.2, 0.25) is 0 Å². The van der Waals surface area contributed by atoms with Gasteiger partial charge in [-0.1, -0.05) is 6.07 Å². The van der Waals surface area contributed by atoms with Crippen LogP contribution in [0.1, 0.15) is 66.6 Å². The zero-order chi connectivity index (χ0) is 24.0. The number of hydrogen-bond acceptors (Lipinski definition) is 5. The number of carbonyl (C=O) groups excluding carboxylic acids is 1. The maximum atomic E-state index is 13.3. The minimum atomic E-state index is -3.48. The van der Waals surface area contributed by atoms with Gasteiger partial charge in [-0.2, -0.15) is 0 Å². The molecule has 1 aromatic heterocycles. The van der Waals surface area contributed by atoms with Crippen molar-refractivity contribution in [1.29, 1.82) is 0 Å². The number of carbonyl (C=O) groups is 1. The van der Waals surface area contributed by atoms with E-state index in [9.17, 15) is 13.2 Å². The zero-order valence-corrected chi connectivity index (χ0v) is 23.5. The summed E-state index contributed by atoms with van der Waals surface area (Å²) in [5.74, 6) is 0.412. The molecule has 2 unspecified atom stereocenters. The van der Waals surface area contributed by atoms with Crippen molar-refractivity contribution in [3.63, 3.8) is 0 Å². The predicted octanol–water partition coefficient (Wildman–Crippen LogP) is 4.84. The van der Waals surface area contributed by atoms with Crippen molar-refractivity contribution < 1.29 is 17.9 Å². The average molecular weight is 567 g/mol. The van der Waals surface area contributed by atoms with E-state index in [1.54, 1.807) is 47.8 Å². The molecule has 2 fully saturated rings. The molecule has 1 aliphatic carbocycles. The van der Waals surface area contributed by atoms with Gasteiger partial charge in [-0.05, 0) is 18.2 Å². The maximum Gasteiger partial charge on any atom is -0.00720 e. The Morgan fingerprint density at radius 3 is 2.62 bits per heavy atom. The quantitative estimate of drug-likeness (QED) is 0.464. The van der Waals surface area contributed by atoms with Gasteiger partial charge in [0.15, 0.2) is 0 Å². The van der Waals surface area contributed by atoms with Gasteiger partial charge in [-0.3, -0.25) is 0 Å². The Hall–Kier alpha value is -1.34. The number of rotatable bonds is 8. The van der Waals surface area contributed by atoms with E-state index in [-0.39, 0.29) is 21.7 Å². The van der Waals surface area contributed by atoms with Crippen molar-refractivity contribution in [3.05, 3.63) is 46.8 Å². The van der Waals surface area contributed by atoms with Crippen LogP contribution >= 0.6 is 11.3 Å². The first-order valence-corrected chi connectivity index (χ1v) is 16.9. The summed E-state index contributed by atoms with van der Waals surface area (Å²) in [4.78, 5) is 13.3. The number of nitrogens with zero attached hydrogens (tertiary/aromatic N) is 1. The van der Waals surface area contributed by atoms with Crippen LogP contribution in [0, 0.1) is 0 Å². The first-order valence-electron chi connectivity index (χ1n) is 12.2. The van der Waals surface area contributed by atoms with Crippen molar-refractivity contribution in [2.45, 2.75) is 71.5 Å². The van der Waals surface area contributed by atoms with Crippen LogP contribution in [-0.2, 0) is 16.6 Å². The number of sulfonamides is 1. The Bertz CT molecular complexity index is 1070. The van der Waals surface area contributed by atoms with Crippen LogP contribution in [0.5, 0.6) is 5.75 Å². The molecule has 2 atom stereocenters. The molecule has 2 aromatic rings. The average Bonchev–Trinajstić information content (AvgIpc) is 3.23. The molecule has 9 heteroatoms.